The highest BCUT2D eigenvalue weighted by molar-refractivity contribution is 7.99. The van der Waals surface area contributed by atoms with E-state index in [0.717, 1.165) is 22.8 Å². The molecule has 0 aliphatic rings. The van der Waals surface area contributed by atoms with Crippen molar-refractivity contribution in [2.45, 2.75) is 16.7 Å². The van der Waals surface area contributed by atoms with Crippen molar-refractivity contribution in [3.8, 4) is 11.3 Å². The van der Waals surface area contributed by atoms with E-state index in [9.17, 15) is 0 Å². The molecule has 10 heteroatoms. The van der Waals surface area contributed by atoms with Gasteiger partial charge in [-0.1, -0.05) is 30.3 Å². The van der Waals surface area contributed by atoms with Crippen LogP contribution in [-0.4, -0.2) is 65.3 Å². The van der Waals surface area contributed by atoms with Crippen molar-refractivity contribution in [3.05, 3.63) is 42.7 Å². The summed E-state index contributed by atoms with van der Waals surface area (Å²) in [5.74, 6) is 0.543. The predicted molar refractivity (Wildman–Crippen MR) is 96.7 cm³/mol. The minimum atomic E-state index is 0.543. The number of nitrogens with zero attached hydrogens (tertiary/aromatic N) is 9. The molecule has 4 rings (SSSR count). The number of rotatable bonds is 6. The Kier molecular flexibility index (Phi) is 4.59. The summed E-state index contributed by atoms with van der Waals surface area (Å²) in [5.41, 5.74) is 1.85. The van der Waals surface area contributed by atoms with Gasteiger partial charge in [-0.25, -0.2) is 9.67 Å². The predicted octanol–water partition coefficient (Wildman–Crippen LogP) is 1.49. The highest BCUT2D eigenvalue weighted by atomic mass is 32.2. The van der Waals surface area contributed by atoms with E-state index in [-0.39, 0.29) is 0 Å². The van der Waals surface area contributed by atoms with Gasteiger partial charge in [0.25, 0.3) is 5.78 Å². The summed E-state index contributed by atoms with van der Waals surface area (Å²) in [6, 6.07) is 12.0. The van der Waals surface area contributed by atoms with Gasteiger partial charge in [0.15, 0.2) is 0 Å². The molecule has 26 heavy (non-hydrogen) atoms. The molecule has 0 saturated heterocycles. The van der Waals surface area contributed by atoms with Crippen LogP contribution >= 0.6 is 11.8 Å². The molecule has 3 heterocycles. The highest BCUT2D eigenvalue weighted by Gasteiger charge is 2.14. The van der Waals surface area contributed by atoms with Gasteiger partial charge in [-0.05, 0) is 42.4 Å². The second kappa shape index (κ2) is 7.18. The fourth-order valence-corrected chi connectivity index (χ4v) is 3.30. The maximum atomic E-state index is 4.59. The van der Waals surface area contributed by atoms with Crippen LogP contribution in [0.25, 0.3) is 17.0 Å². The Morgan fingerprint density at radius 1 is 1.15 bits per heavy atom. The first-order valence-corrected chi connectivity index (χ1v) is 8.87. The van der Waals surface area contributed by atoms with E-state index in [2.05, 4.69) is 35.5 Å². The second-order valence-corrected chi connectivity index (χ2v) is 6.89. The van der Waals surface area contributed by atoms with Crippen molar-refractivity contribution in [1.82, 2.24) is 44.7 Å². The number of hydrogen-bond acceptors (Lipinski definition) is 8. The molecule has 0 saturated carbocycles. The summed E-state index contributed by atoms with van der Waals surface area (Å²) >= 11 is 1.44. The zero-order valence-electron chi connectivity index (χ0n) is 14.4. The quantitative estimate of drug-likeness (QED) is 0.474. The van der Waals surface area contributed by atoms with Crippen LogP contribution in [0.4, 0.5) is 0 Å². The van der Waals surface area contributed by atoms with Crippen LogP contribution in [0, 0.1) is 0 Å². The minimum absolute atomic E-state index is 0.543. The lowest BCUT2D eigenvalue weighted by Gasteiger charge is -2.10. The van der Waals surface area contributed by atoms with Crippen LogP contribution in [0.3, 0.4) is 0 Å². The molecule has 0 fully saturated rings. The number of likely N-dealkylation sites (N-methyl/N-ethyl adjacent to an activating group) is 1. The lowest BCUT2D eigenvalue weighted by atomic mass is 10.1. The third-order valence-electron chi connectivity index (χ3n) is 3.74. The Morgan fingerprint density at radius 3 is 2.81 bits per heavy atom. The molecule has 0 aliphatic carbocycles. The first-order valence-electron chi connectivity index (χ1n) is 8.05. The van der Waals surface area contributed by atoms with E-state index in [1.54, 1.807) is 9.20 Å². The molecule has 132 valence electrons. The third-order valence-corrected chi connectivity index (χ3v) is 4.72. The highest BCUT2D eigenvalue weighted by Crippen LogP contribution is 2.28. The minimum Gasteiger partial charge on any atom is -0.308 e. The van der Waals surface area contributed by atoms with Gasteiger partial charge in [-0.15, -0.1) is 5.10 Å². The summed E-state index contributed by atoms with van der Waals surface area (Å²) < 4.78 is 3.48. The number of tetrazole rings is 1. The summed E-state index contributed by atoms with van der Waals surface area (Å²) in [4.78, 5) is 10.9. The van der Waals surface area contributed by atoms with Crippen molar-refractivity contribution < 1.29 is 0 Å². The van der Waals surface area contributed by atoms with Gasteiger partial charge in [0.1, 0.15) is 11.4 Å². The number of fused-ring (bicyclic) bond motifs is 1. The van der Waals surface area contributed by atoms with Crippen LogP contribution in [0.15, 0.2) is 52.9 Å². The van der Waals surface area contributed by atoms with Gasteiger partial charge in [-0.2, -0.15) is 14.6 Å². The van der Waals surface area contributed by atoms with E-state index in [1.807, 2.05) is 50.5 Å². The zero-order chi connectivity index (χ0) is 17.9. The molecule has 0 atom stereocenters. The number of hydrogen-bond donors (Lipinski definition) is 0. The second-order valence-electron chi connectivity index (χ2n) is 5.91. The van der Waals surface area contributed by atoms with E-state index in [0.29, 0.717) is 17.5 Å². The van der Waals surface area contributed by atoms with Crippen molar-refractivity contribution in [2.24, 2.45) is 0 Å². The zero-order valence-corrected chi connectivity index (χ0v) is 15.2. The molecule has 0 radical (unpaired) electrons. The molecule has 0 bridgehead atoms. The Hall–Kier alpha value is -2.85. The van der Waals surface area contributed by atoms with Crippen LogP contribution in [0.2, 0.25) is 0 Å². The van der Waals surface area contributed by atoms with Crippen LogP contribution < -0.4 is 0 Å². The SMILES string of the molecule is CN(C)CCn1nnnc1Sc1cc(-c2ccccc2)nc2ncnn12. The molecule has 9 nitrogen and oxygen atoms in total. The Labute approximate surface area is 154 Å². The maximum absolute atomic E-state index is 4.59. The standard InChI is InChI=1S/C16H17N9S/c1-23(2)8-9-24-16(20-21-22-24)26-14-10-13(12-6-4-3-5-7-12)19-15-17-11-18-25(14)15/h3-7,10-11H,8-9H2,1-2H3. The molecule has 1 aromatic carbocycles. The lowest BCUT2D eigenvalue weighted by Crippen LogP contribution is -2.19. The Bertz CT molecular complexity index is 1010. The normalized spacial score (nSPS) is 11.5. The van der Waals surface area contributed by atoms with E-state index in [4.69, 9.17) is 0 Å². The van der Waals surface area contributed by atoms with Gasteiger partial charge in [0.05, 0.1) is 12.2 Å². The van der Waals surface area contributed by atoms with E-state index < -0.39 is 0 Å². The topological polar surface area (TPSA) is 89.9 Å². The summed E-state index contributed by atoms with van der Waals surface area (Å²) in [5, 5.41) is 17.9. The van der Waals surface area contributed by atoms with Gasteiger partial charge in [0.2, 0.25) is 5.16 Å². The lowest BCUT2D eigenvalue weighted by molar-refractivity contribution is 0.361. The van der Waals surface area contributed by atoms with Crippen molar-refractivity contribution in [1.29, 1.82) is 0 Å². The van der Waals surface area contributed by atoms with Crippen molar-refractivity contribution in [3.63, 3.8) is 0 Å². The fourth-order valence-electron chi connectivity index (χ4n) is 2.41. The first kappa shape index (κ1) is 16.6. The van der Waals surface area contributed by atoms with Gasteiger partial charge >= 0.3 is 0 Å². The molecule has 0 spiro atoms. The monoisotopic (exact) mass is 367 g/mol. The molecule has 4 aromatic rings. The molecule has 0 amide bonds. The van der Waals surface area contributed by atoms with Crippen LogP contribution in [-0.2, 0) is 6.54 Å². The molecule has 0 N–H and O–H groups in total. The van der Waals surface area contributed by atoms with Crippen molar-refractivity contribution in [2.75, 3.05) is 20.6 Å². The molecular formula is C16H17N9S. The first-order chi connectivity index (χ1) is 12.7. The van der Waals surface area contributed by atoms with Crippen LogP contribution in [0.5, 0.6) is 0 Å². The third kappa shape index (κ3) is 3.41. The van der Waals surface area contributed by atoms with E-state index in [1.165, 1.54) is 18.1 Å². The summed E-state index contributed by atoms with van der Waals surface area (Å²) in [6.07, 6.45) is 1.50. The largest absolute Gasteiger partial charge is 0.308 e. The maximum Gasteiger partial charge on any atom is 0.253 e. The van der Waals surface area contributed by atoms with Gasteiger partial charge in [-0.3, -0.25) is 0 Å². The molecule has 3 aromatic heterocycles. The fraction of sp³-hybridized carbons (Fsp3) is 0.250. The Balaban J connectivity index is 1.71. The van der Waals surface area contributed by atoms with Gasteiger partial charge < -0.3 is 4.90 Å². The molecule has 0 unspecified atom stereocenters. The smallest absolute Gasteiger partial charge is 0.253 e. The average molecular weight is 367 g/mol. The number of aromatic nitrogens is 8. The summed E-state index contributed by atoms with van der Waals surface area (Å²) in [6.45, 7) is 1.56. The van der Waals surface area contributed by atoms with Gasteiger partial charge in [0, 0.05) is 12.1 Å². The van der Waals surface area contributed by atoms with Crippen molar-refractivity contribution >= 4 is 17.5 Å². The average Bonchev–Trinajstić information content (AvgIpc) is 3.29. The van der Waals surface area contributed by atoms with E-state index >= 15 is 0 Å². The Morgan fingerprint density at radius 2 is 2.00 bits per heavy atom. The van der Waals surface area contributed by atoms with Crippen LogP contribution in [0.1, 0.15) is 0 Å². The number of benzene rings is 1. The molecule has 0 aliphatic heterocycles. The molecular weight excluding hydrogens is 350 g/mol. The summed E-state index contributed by atoms with van der Waals surface area (Å²) in [7, 11) is 4.04.